The number of hydrogen-bond acceptors (Lipinski definition) is 5. The van der Waals surface area contributed by atoms with E-state index < -0.39 is 0 Å². The molecule has 0 aromatic carbocycles. The number of tetrazole rings is 1. The molecule has 3 rings (SSSR count). The first kappa shape index (κ1) is 15.8. The number of carbonyl (C=O) groups is 1. The molecule has 122 valence electrons. The molecule has 0 aliphatic heterocycles. The number of carbonyl (C=O) groups excluding carboxylic acids is 1. The number of hydrogen-bond donors (Lipinski definition) is 1. The Hall–Kier alpha value is -1.11. The molecule has 2 aliphatic rings. The van der Waals surface area contributed by atoms with Crippen molar-refractivity contribution in [2.24, 2.45) is 0 Å². The van der Waals surface area contributed by atoms with Crippen molar-refractivity contribution in [3.05, 3.63) is 0 Å². The maximum absolute atomic E-state index is 12.0. The second-order valence-electron chi connectivity index (χ2n) is 6.35. The van der Waals surface area contributed by atoms with Crippen LogP contribution in [0.25, 0.3) is 0 Å². The Bertz CT molecular complexity index is 480. The summed E-state index contributed by atoms with van der Waals surface area (Å²) in [5.74, 6) is 0.908. The molecule has 1 aromatic rings. The topological polar surface area (TPSA) is 72.7 Å². The SMILES string of the molecule is O=C(CCSc1nnnn1C1CCCC1)NC1CCCCC1. The highest BCUT2D eigenvalue weighted by Gasteiger charge is 2.22. The molecule has 1 N–H and O–H groups in total. The van der Waals surface area contributed by atoms with Gasteiger partial charge in [-0.2, -0.15) is 0 Å². The molecular formula is C15H25N5OS. The van der Waals surface area contributed by atoms with Crippen LogP contribution < -0.4 is 5.32 Å². The van der Waals surface area contributed by atoms with Gasteiger partial charge in [-0.3, -0.25) is 4.79 Å². The first-order valence-electron chi connectivity index (χ1n) is 8.53. The average molecular weight is 323 g/mol. The van der Waals surface area contributed by atoms with Crippen LogP contribution in [0, 0.1) is 0 Å². The quantitative estimate of drug-likeness (QED) is 0.815. The molecule has 0 saturated heterocycles. The molecule has 22 heavy (non-hydrogen) atoms. The Balaban J connectivity index is 1.41. The first-order chi connectivity index (χ1) is 10.8. The van der Waals surface area contributed by atoms with E-state index >= 15 is 0 Å². The number of rotatable bonds is 6. The third-order valence-electron chi connectivity index (χ3n) is 4.66. The summed E-state index contributed by atoms with van der Waals surface area (Å²) in [5.41, 5.74) is 0. The fraction of sp³-hybridized carbons (Fsp3) is 0.867. The van der Waals surface area contributed by atoms with Crippen LogP contribution >= 0.6 is 11.8 Å². The van der Waals surface area contributed by atoms with E-state index in [0.29, 0.717) is 18.5 Å². The van der Waals surface area contributed by atoms with Crippen molar-refractivity contribution in [2.45, 2.75) is 81.4 Å². The van der Waals surface area contributed by atoms with Crippen molar-refractivity contribution in [3.8, 4) is 0 Å². The van der Waals surface area contributed by atoms with Gasteiger partial charge in [0.1, 0.15) is 0 Å². The fourth-order valence-electron chi connectivity index (χ4n) is 3.44. The van der Waals surface area contributed by atoms with Crippen LogP contribution in [-0.4, -0.2) is 37.9 Å². The number of thioether (sulfide) groups is 1. The molecule has 0 radical (unpaired) electrons. The maximum Gasteiger partial charge on any atom is 0.221 e. The number of nitrogens with one attached hydrogen (secondary N) is 1. The van der Waals surface area contributed by atoms with Gasteiger partial charge in [0.05, 0.1) is 6.04 Å². The lowest BCUT2D eigenvalue weighted by molar-refractivity contribution is -0.121. The van der Waals surface area contributed by atoms with Gasteiger partial charge in [-0.05, 0) is 36.1 Å². The molecule has 6 nitrogen and oxygen atoms in total. The van der Waals surface area contributed by atoms with E-state index in [0.717, 1.165) is 23.8 Å². The predicted molar refractivity (Wildman–Crippen MR) is 85.7 cm³/mol. The minimum Gasteiger partial charge on any atom is -0.353 e. The monoisotopic (exact) mass is 323 g/mol. The summed E-state index contributed by atoms with van der Waals surface area (Å²) >= 11 is 1.60. The van der Waals surface area contributed by atoms with E-state index in [1.807, 2.05) is 4.68 Å². The van der Waals surface area contributed by atoms with Crippen LogP contribution in [-0.2, 0) is 4.79 Å². The van der Waals surface area contributed by atoms with Gasteiger partial charge in [0.25, 0.3) is 0 Å². The van der Waals surface area contributed by atoms with E-state index in [-0.39, 0.29) is 5.91 Å². The summed E-state index contributed by atoms with van der Waals surface area (Å²) in [6, 6.07) is 0.851. The molecule has 2 fully saturated rings. The third-order valence-corrected chi connectivity index (χ3v) is 5.60. The summed E-state index contributed by atoms with van der Waals surface area (Å²) in [6.07, 6.45) is 11.5. The van der Waals surface area contributed by atoms with Gasteiger partial charge in [-0.15, -0.1) is 5.10 Å². The lowest BCUT2D eigenvalue weighted by atomic mass is 9.95. The molecular weight excluding hydrogens is 298 g/mol. The molecule has 0 spiro atoms. The zero-order valence-electron chi connectivity index (χ0n) is 13.0. The molecule has 1 amide bonds. The van der Waals surface area contributed by atoms with Crippen molar-refractivity contribution < 1.29 is 4.79 Å². The summed E-state index contributed by atoms with van der Waals surface area (Å²) in [6.45, 7) is 0. The zero-order valence-corrected chi connectivity index (χ0v) is 13.9. The molecule has 2 saturated carbocycles. The maximum atomic E-state index is 12.0. The summed E-state index contributed by atoms with van der Waals surface area (Å²) in [7, 11) is 0. The molecule has 2 aliphatic carbocycles. The highest BCUT2D eigenvalue weighted by Crippen LogP contribution is 2.31. The van der Waals surface area contributed by atoms with Gasteiger partial charge < -0.3 is 5.32 Å². The van der Waals surface area contributed by atoms with Crippen molar-refractivity contribution in [2.75, 3.05) is 5.75 Å². The Labute approximate surface area is 135 Å². The van der Waals surface area contributed by atoms with E-state index in [1.165, 1.54) is 44.9 Å². The molecule has 0 bridgehead atoms. The van der Waals surface area contributed by atoms with Gasteiger partial charge in [0.15, 0.2) is 0 Å². The van der Waals surface area contributed by atoms with Gasteiger partial charge in [0, 0.05) is 18.2 Å². The smallest absolute Gasteiger partial charge is 0.221 e. The lowest BCUT2D eigenvalue weighted by Crippen LogP contribution is -2.36. The van der Waals surface area contributed by atoms with Crippen LogP contribution in [0.4, 0.5) is 0 Å². The first-order valence-corrected chi connectivity index (χ1v) is 9.51. The van der Waals surface area contributed by atoms with E-state index in [9.17, 15) is 4.79 Å². The van der Waals surface area contributed by atoms with Crippen LogP contribution in [0.3, 0.4) is 0 Å². The number of amides is 1. The second-order valence-corrected chi connectivity index (χ2v) is 7.41. The number of aromatic nitrogens is 4. The summed E-state index contributed by atoms with van der Waals surface area (Å²) < 4.78 is 1.96. The standard InChI is InChI=1S/C15H25N5OS/c21-14(16-12-6-2-1-3-7-12)10-11-22-15-17-18-19-20(15)13-8-4-5-9-13/h12-13H,1-11H2,(H,16,21). The highest BCUT2D eigenvalue weighted by atomic mass is 32.2. The van der Waals surface area contributed by atoms with Gasteiger partial charge in [-0.25, -0.2) is 4.68 Å². The average Bonchev–Trinajstić information content (AvgIpc) is 3.19. The third kappa shape index (κ3) is 4.21. The van der Waals surface area contributed by atoms with Gasteiger partial charge in [-0.1, -0.05) is 43.9 Å². The van der Waals surface area contributed by atoms with Crippen LogP contribution in [0.5, 0.6) is 0 Å². The predicted octanol–water partition coefficient (Wildman–Crippen LogP) is 2.72. The lowest BCUT2D eigenvalue weighted by Gasteiger charge is -2.22. The van der Waals surface area contributed by atoms with Crippen LogP contribution in [0.2, 0.25) is 0 Å². The minimum absolute atomic E-state index is 0.166. The van der Waals surface area contributed by atoms with Gasteiger partial charge >= 0.3 is 0 Å². The second kappa shape index (κ2) is 7.94. The van der Waals surface area contributed by atoms with Crippen molar-refractivity contribution in [1.82, 2.24) is 25.5 Å². The molecule has 1 heterocycles. The van der Waals surface area contributed by atoms with Crippen molar-refractivity contribution in [3.63, 3.8) is 0 Å². The molecule has 0 unspecified atom stereocenters. The Morgan fingerprint density at radius 3 is 2.64 bits per heavy atom. The number of nitrogens with zero attached hydrogens (tertiary/aromatic N) is 4. The highest BCUT2D eigenvalue weighted by molar-refractivity contribution is 7.99. The Kier molecular flexibility index (Phi) is 5.70. The molecule has 0 atom stereocenters. The minimum atomic E-state index is 0.166. The van der Waals surface area contributed by atoms with Crippen LogP contribution in [0.1, 0.15) is 70.3 Å². The van der Waals surface area contributed by atoms with E-state index in [1.54, 1.807) is 11.8 Å². The van der Waals surface area contributed by atoms with E-state index in [2.05, 4.69) is 20.8 Å². The van der Waals surface area contributed by atoms with Gasteiger partial charge in [0.2, 0.25) is 11.1 Å². The Morgan fingerprint density at radius 2 is 1.86 bits per heavy atom. The normalized spacial score (nSPS) is 20.4. The summed E-state index contributed by atoms with van der Waals surface area (Å²) in [4.78, 5) is 12.0. The van der Waals surface area contributed by atoms with Crippen LogP contribution in [0.15, 0.2) is 5.16 Å². The fourth-order valence-corrected chi connectivity index (χ4v) is 4.32. The largest absolute Gasteiger partial charge is 0.353 e. The molecule has 7 heteroatoms. The van der Waals surface area contributed by atoms with E-state index in [4.69, 9.17) is 0 Å². The van der Waals surface area contributed by atoms with Crippen molar-refractivity contribution in [1.29, 1.82) is 0 Å². The Morgan fingerprint density at radius 1 is 1.14 bits per heavy atom. The van der Waals surface area contributed by atoms with Crippen molar-refractivity contribution >= 4 is 17.7 Å². The summed E-state index contributed by atoms with van der Waals surface area (Å²) in [5, 5.41) is 16.0. The zero-order chi connectivity index (χ0) is 15.2. The molecule has 1 aromatic heterocycles.